The molecule has 1 aromatic rings. The summed E-state index contributed by atoms with van der Waals surface area (Å²) < 4.78 is 14.3. The molecule has 174 valence electrons. The summed E-state index contributed by atoms with van der Waals surface area (Å²) in [6.07, 6.45) is 5.10. The van der Waals surface area contributed by atoms with Crippen LogP contribution in [-0.4, -0.2) is 76.4 Å². The maximum Gasteiger partial charge on any atom is 0.315 e. The smallest absolute Gasteiger partial charge is 0.315 e. The first-order valence-corrected chi connectivity index (χ1v) is 11.3. The Morgan fingerprint density at radius 2 is 2.06 bits per heavy atom. The van der Waals surface area contributed by atoms with Crippen LogP contribution in [0.4, 0.5) is 9.18 Å². The summed E-state index contributed by atoms with van der Waals surface area (Å²) in [5.41, 5.74) is 0.462. The number of urea groups is 1. The van der Waals surface area contributed by atoms with Crippen molar-refractivity contribution < 1.29 is 18.8 Å². The van der Waals surface area contributed by atoms with Crippen molar-refractivity contribution in [2.45, 2.75) is 63.8 Å². The Hall–Kier alpha value is -2.75. The number of piperazine rings is 1. The van der Waals surface area contributed by atoms with Crippen molar-refractivity contribution in [2.75, 3.05) is 19.6 Å². The first-order chi connectivity index (χ1) is 15.3. The van der Waals surface area contributed by atoms with Gasteiger partial charge in [0.2, 0.25) is 11.8 Å². The van der Waals surface area contributed by atoms with E-state index in [0.717, 1.165) is 12.8 Å². The third-order valence-electron chi connectivity index (χ3n) is 6.27. The minimum Gasteiger partial charge on any atom is -0.354 e. The van der Waals surface area contributed by atoms with Gasteiger partial charge in [-0.2, -0.15) is 0 Å². The fourth-order valence-electron chi connectivity index (χ4n) is 4.53. The topological polar surface area (TPSA) is 107 Å². The lowest BCUT2D eigenvalue weighted by Gasteiger charge is -2.42. The molecule has 2 aliphatic heterocycles. The molecule has 0 radical (unpaired) electrons. The molecule has 3 fully saturated rings. The third-order valence-corrected chi connectivity index (χ3v) is 6.27. The summed E-state index contributed by atoms with van der Waals surface area (Å²) in [4.78, 5) is 45.2. The molecule has 10 heteroatoms. The molecule has 0 unspecified atom stereocenters. The minimum absolute atomic E-state index is 0.0193. The van der Waals surface area contributed by atoms with Crippen molar-refractivity contribution in [2.24, 2.45) is 5.92 Å². The second-order valence-corrected chi connectivity index (χ2v) is 9.28. The van der Waals surface area contributed by atoms with Crippen LogP contribution < -0.4 is 16.0 Å². The Balaban J connectivity index is 1.46. The van der Waals surface area contributed by atoms with E-state index in [-0.39, 0.29) is 55.0 Å². The predicted octanol–water partition coefficient (Wildman–Crippen LogP) is 0.608. The van der Waals surface area contributed by atoms with Gasteiger partial charge in [-0.15, -0.1) is 0 Å². The highest BCUT2D eigenvalue weighted by molar-refractivity contribution is 5.86. The molecule has 1 saturated carbocycles. The lowest BCUT2D eigenvalue weighted by molar-refractivity contribution is -0.144. The lowest BCUT2D eigenvalue weighted by atomic mass is 10.0. The zero-order valence-corrected chi connectivity index (χ0v) is 18.5. The SMILES string of the molecule is CC(C)NC(=O)N[C@H]1C[C@H]2CN(Cc3ccncc3F)[C@@H](CNC(=O)C3CC3)C(=O)N2C1. The molecule has 32 heavy (non-hydrogen) atoms. The highest BCUT2D eigenvalue weighted by Gasteiger charge is 2.46. The number of carbonyl (C=O) groups is 3. The number of amides is 4. The van der Waals surface area contributed by atoms with Gasteiger partial charge in [-0.1, -0.05) is 0 Å². The van der Waals surface area contributed by atoms with Gasteiger partial charge in [-0.3, -0.25) is 19.5 Å². The average Bonchev–Trinajstić information content (AvgIpc) is 3.50. The lowest BCUT2D eigenvalue weighted by Crippen LogP contribution is -2.62. The number of fused-ring (bicyclic) bond motifs is 1. The monoisotopic (exact) mass is 446 g/mol. The van der Waals surface area contributed by atoms with Crippen molar-refractivity contribution in [3.8, 4) is 0 Å². The molecular formula is C22H31FN6O3. The van der Waals surface area contributed by atoms with E-state index in [1.54, 1.807) is 11.0 Å². The number of hydrogen-bond donors (Lipinski definition) is 3. The number of pyridine rings is 1. The van der Waals surface area contributed by atoms with Gasteiger partial charge >= 0.3 is 6.03 Å². The highest BCUT2D eigenvalue weighted by atomic mass is 19.1. The maximum atomic E-state index is 14.3. The molecule has 4 rings (SSSR count). The van der Waals surface area contributed by atoms with Crippen LogP contribution >= 0.6 is 0 Å². The number of nitrogens with zero attached hydrogens (tertiary/aromatic N) is 3. The Morgan fingerprint density at radius 1 is 1.28 bits per heavy atom. The van der Waals surface area contributed by atoms with Gasteiger partial charge in [0.25, 0.3) is 0 Å². The van der Waals surface area contributed by atoms with Gasteiger partial charge in [-0.25, -0.2) is 9.18 Å². The zero-order valence-electron chi connectivity index (χ0n) is 18.5. The molecule has 9 nitrogen and oxygen atoms in total. The Kier molecular flexibility index (Phi) is 6.59. The molecule has 0 bridgehead atoms. The van der Waals surface area contributed by atoms with Gasteiger partial charge in [0.05, 0.1) is 12.2 Å². The average molecular weight is 447 g/mol. The number of hydrogen-bond acceptors (Lipinski definition) is 5. The standard InChI is InChI=1S/C22H31FN6O3/c1-13(2)26-22(32)27-16-7-17-12-28(10-15-5-6-24-8-18(15)23)19(21(31)29(17)11-16)9-25-20(30)14-3-4-14/h5-6,8,13-14,16-17,19H,3-4,7,9-12H2,1-2H3,(H,25,30)(H2,26,27,32)/t16-,17-,19-/m0/s1. The summed E-state index contributed by atoms with van der Waals surface area (Å²) >= 11 is 0. The van der Waals surface area contributed by atoms with Crippen LogP contribution in [0.25, 0.3) is 0 Å². The Bertz CT molecular complexity index is 877. The number of nitrogens with one attached hydrogen (secondary N) is 3. The van der Waals surface area contributed by atoms with E-state index >= 15 is 0 Å². The van der Waals surface area contributed by atoms with E-state index in [0.29, 0.717) is 25.1 Å². The van der Waals surface area contributed by atoms with E-state index in [2.05, 4.69) is 20.9 Å². The van der Waals surface area contributed by atoms with Crippen LogP contribution in [0.1, 0.15) is 38.7 Å². The van der Waals surface area contributed by atoms with Gasteiger partial charge in [0.1, 0.15) is 11.9 Å². The normalized spacial score (nSPS) is 25.6. The first-order valence-electron chi connectivity index (χ1n) is 11.3. The number of carbonyl (C=O) groups excluding carboxylic acids is 3. The van der Waals surface area contributed by atoms with Crippen LogP contribution in [0.15, 0.2) is 18.5 Å². The van der Waals surface area contributed by atoms with E-state index in [4.69, 9.17) is 0 Å². The second-order valence-electron chi connectivity index (χ2n) is 9.28. The molecule has 3 N–H and O–H groups in total. The largest absolute Gasteiger partial charge is 0.354 e. The Morgan fingerprint density at radius 3 is 2.75 bits per heavy atom. The van der Waals surface area contributed by atoms with Crippen molar-refractivity contribution in [1.29, 1.82) is 0 Å². The van der Waals surface area contributed by atoms with E-state index in [1.807, 2.05) is 18.7 Å². The molecule has 3 atom stereocenters. The van der Waals surface area contributed by atoms with Crippen molar-refractivity contribution in [3.63, 3.8) is 0 Å². The van der Waals surface area contributed by atoms with Gasteiger partial charge in [0, 0.05) is 55.9 Å². The molecule has 1 aliphatic carbocycles. The van der Waals surface area contributed by atoms with Crippen LogP contribution in [0.3, 0.4) is 0 Å². The molecule has 0 spiro atoms. The predicted molar refractivity (Wildman–Crippen MR) is 115 cm³/mol. The van der Waals surface area contributed by atoms with Crippen LogP contribution in [0.2, 0.25) is 0 Å². The molecule has 3 aliphatic rings. The molecule has 3 heterocycles. The van der Waals surface area contributed by atoms with Crippen molar-refractivity contribution >= 4 is 17.8 Å². The summed E-state index contributed by atoms with van der Waals surface area (Å²) in [5.74, 6) is -0.492. The van der Waals surface area contributed by atoms with E-state index in [1.165, 1.54) is 12.4 Å². The highest BCUT2D eigenvalue weighted by Crippen LogP contribution is 2.30. The molecule has 4 amide bonds. The fraction of sp³-hybridized carbons (Fsp3) is 0.636. The van der Waals surface area contributed by atoms with E-state index in [9.17, 15) is 18.8 Å². The third kappa shape index (κ3) is 5.17. The Labute approximate surface area is 187 Å². The number of halogens is 1. The summed E-state index contributed by atoms with van der Waals surface area (Å²) in [6, 6.07) is 0.576. The molecule has 0 aromatic carbocycles. The van der Waals surface area contributed by atoms with Crippen molar-refractivity contribution in [3.05, 3.63) is 29.8 Å². The van der Waals surface area contributed by atoms with Crippen molar-refractivity contribution in [1.82, 2.24) is 30.7 Å². The van der Waals surface area contributed by atoms with Crippen LogP contribution in [0.5, 0.6) is 0 Å². The molecule has 1 aromatic heterocycles. The number of rotatable bonds is 7. The maximum absolute atomic E-state index is 14.3. The first kappa shape index (κ1) is 22.4. The molecule has 2 saturated heterocycles. The second kappa shape index (κ2) is 9.40. The molecular weight excluding hydrogens is 415 g/mol. The van der Waals surface area contributed by atoms with Gasteiger partial charge in [0.15, 0.2) is 0 Å². The summed E-state index contributed by atoms with van der Waals surface area (Å²) in [5, 5.41) is 8.66. The van der Waals surface area contributed by atoms with Gasteiger partial charge in [-0.05, 0) is 39.2 Å². The van der Waals surface area contributed by atoms with Gasteiger partial charge < -0.3 is 20.9 Å². The minimum atomic E-state index is -0.579. The summed E-state index contributed by atoms with van der Waals surface area (Å²) in [6.45, 7) is 5.19. The number of aromatic nitrogens is 1. The fourth-order valence-corrected chi connectivity index (χ4v) is 4.53. The van der Waals surface area contributed by atoms with Crippen LogP contribution in [-0.2, 0) is 16.1 Å². The van der Waals surface area contributed by atoms with E-state index < -0.39 is 11.9 Å². The quantitative estimate of drug-likeness (QED) is 0.569. The zero-order chi connectivity index (χ0) is 22.8. The summed E-state index contributed by atoms with van der Waals surface area (Å²) in [7, 11) is 0. The van der Waals surface area contributed by atoms with Crippen LogP contribution in [0, 0.1) is 11.7 Å².